The van der Waals surface area contributed by atoms with Gasteiger partial charge in [0.05, 0.1) is 0 Å². The Morgan fingerprint density at radius 1 is 1.22 bits per heavy atom. The number of nitrogens with one attached hydrogen (secondary N) is 1. The van der Waals surface area contributed by atoms with E-state index in [2.05, 4.69) is 48.4 Å². The van der Waals surface area contributed by atoms with Gasteiger partial charge < -0.3 is 5.32 Å². The summed E-state index contributed by atoms with van der Waals surface area (Å²) in [5.41, 5.74) is 2.40. The quantitative estimate of drug-likeness (QED) is 0.807. The van der Waals surface area contributed by atoms with Gasteiger partial charge in [-0.15, -0.1) is 11.3 Å². The molecule has 0 spiro atoms. The van der Waals surface area contributed by atoms with Crippen molar-refractivity contribution < 1.29 is 0 Å². The fourth-order valence-electron chi connectivity index (χ4n) is 2.04. The smallest absolute Gasteiger partial charge is 0.123 e. The van der Waals surface area contributed by atoms with Crippen LogP contribution in [-0.4, -0.2) is 11.0 Å². The zero-order valence-corrected chi connectivity index (χ0v) is 11.8. The van der Waals surface area contributed by atoms with Crippen molar-refractivity contribution in [2.75, 3.05) is 5.32 Å². The molecule has 2 rings (SSSR count). The monoisotopic (exact) mass is 260 g/mol. The molecule has 2 nitrogen and oxygen atoms in total. The van der Waals surface area contributed by atoms with Crippen LogP contribution in [0.15, 0.2) is 35.8 Å². The molecule has 1 N–H and O–H groups in total. The number of nitrogens with zero attached hydrogens (tertiary/aromatic N) is 1. The maximum Gasteiger partial charge on any atom is 0.123 e. The fourth-order valence-corrected chi connectivity index (χ4v) is 2.68. The highest BCUT2D eigenvalue weighted by Crippen LogP contribution is 2.23. The minimum Gasteiger partial charge on any atom is -0.382 e. The molecule has 2 aromatic rings. The van der Waals surface area contributed by atoms with E-state index >= 15 is 0 Å². The van der Waals surface area contributed by atoms with Crippen LogP contribution in [0.1, 0.15) is 33.1 Å². The number of benzene rings is 1. The van der Waals surface area contributed by atoms with Crippen LogP contribution in [0.2, 0.25) is 0 Å². The number of rotatable bonds is 6. The van der Waals surface area contributed by atoms with Crippen LogP contribution >= 0.6 is 11.3 Å². The molecule has 96 valence electrons. The summed E-state index contributed by atoms with van der Waals surface area (Å²) in [5, 5.41) is 6.68. The van der Waals surface area contributed by atoms with Crippen LogP contribution in [-0.2, 0) is 0 Å². The first kappa shape index (κ1) is 13.1. The molecule has 0 aliphatic rings. The number of aromatic nitrogens is 1. The Hall–Kier alpha value is -1.35. The number of thiazole rings is 1. The molecule has 18 heavy (non-hydrogen) atoms. The van der Waals surface area contributed by atoms with E-state index in [4.69, 9.17) is 0 Å². The second-order valence-corrected chi connectivity index (χ2v) is 5.35. The minimum atomic E-state index is 0.584. The lowest BCUT2D eigenvalue weighted by atomic mass is 10.1. The van der Waals surface area contributed by atoms with Crippen molar-refractivity contribution in [1.29, 1.82) is 0 Å². The minimum absolute atomic E-state index is 0.584. The van der Waals surface area contributed by atoms with E-state index in [-0.39, 0.29) is 0 Å². The second-order valence-electron chi connectivity index (χ2n) is 4.45. The largest absolute Gasteiger partial charge is 0.382 e. The molecule has 0 amide bonds. The standard InChI is InChI=1S/C15H20N2S/c1-3-5-13(4-2)17-14-8-6-12(7-9-14)15-16-10-11-18-15/h6-11,13,17H,3-5H2,1-2H3. The average molecular weight is 260 g/mol. The molecule has 1 aromatic carbocycles. The maximum absolute atomic E-state index is 4.32. The molecule has 3 heteroatoms. The van der Waals surface area contributed by atoms with Gasteiger partial charge in [0.15, 0.2) is 0 Å². The van der Waals surface area contributed by atoms with Gasteiger partial charge in [-0.3, -0.25) is 0 Å². The number of hydrogen-bond donors (Lipinski definition) is 1. The highest BCUT2D eigenvalue weighted by Gasteiger charge is 2.05. The fraction of sp³-hybridized carbons (Fsp3) is 0.400. The van der Waals surface area contributed by atoms with Crippen LogP contribution in [0, 0.1) is 0 Å². The van der Waals surface area contributed by atoms with Crippen LogP contribution in [0.25, 0.3) is 10.6 Å². The SMILES string of the molecule is CCCC(CC)Nc1ccc(-c2nccs2)cc1. The Kier molecular flexibility index (Phi) is 4.76. The zero-order chi connectivity index (χ0) is 12.8. The van der Waals surface area contributed by atoms with Gasteiger partial charge in [-0.05, 0) is 37.1 Å². The molecule has 0 aliphatic carbocycles. The Morgan fingerprint density at radius 3 is 2.56 bits per heavy atom. The molecule has 0 radical (unpaired) electrons. The maximum atomic E-state index is 4.32. The molecule has 1 unspecified atom stereocenters. The highest BCUT2D eigenvalue weighted by molar-refractivity contribution is 7.13. The van der Waals surface area contributed by atoms with Crippen molar-refractivity contribution in [3.63, 3.8) is 0 Å². The molecule has 0 saturated carbocycles. The lowest BCUT2D eigenvalue weighted by Crippen LogP contribution is -2.17. The first-order valence-electron chi connectivity index (χ1n) is 6.60. The summed E-state index contributed by atoms with van der Waals surface area (Å²) in [6.45, 7) is 4.47. The summed E-state index contributed by atoms with van der Waals surface area (Å²) in [6.07, 6.45) is 5.47. The van der Waals surface area contributed by atoms with Gasteiger partial charge in [0.1, 0.15) is 5.01 Å². The summed E-state index contributed by atoms with van der Waals surface area (Å²) in [4.78, 5) is 4.32. The van der Waals surface area contributed by atoms with Gasteiger partial charge in [-0.25, -0.2) is 4.98 Å². The summed E-state index contributed by atoms with van der Waals surface area (Å²) < 4.78 is 0. The summed E-state index contributed by atoms with van der Waals surface area (Å²) >= 11 is 1.68. The zero-order valence-electron chi connectivity index (χ0n) is 11.0. The third kappa shape index (κ3) is 3.33. The Balaban J connectivity index is 2.03. The van der Waals surface area contributed by atoms with Crippen molar-refractivity contribution in [1.82, 2.24) is 4.98 Å². The van der Waals surface area contributed by atoms with Gasteiger partial charge in [-0.1, -0.05) is 20.3 Å². The molecule has 0 saturated heterocycles. The van der Waals surface area contributed by atoms with Crippen LogP contribution in [0.5, 0.6) is 0 Å². The van der Waals surface area contributed by atoms with E-state index in [1.165, 1.54) is 30.5 Å². The summed E-state index contributed by atoms with van der Waals surface area (Å²) in [7, 11) is 0. The van der Waals surface area contributed by atoms with Crippen LogP contribution in [0.4, 0.5) is 5.69 Å². The van der Waals surface area contributed by atoms with Gasteiger partial charge in [0.25, 0.3) is 0 Å². The topological polar surface area (TPSA) is 24.9 Å². The molecular formula is C15H20N2S. The van der Waals surface area contributed by atoms with Crippen molar-refractivity contribution in [2.45, 2.75) is 39.2 Å². The van der Waals surface area contributed by atoms with Crippen molar-refractivity contribution in [2.24, 2.45) is 0 Å². The van der Waals surface area contributed by atoms with Gasteiger partial charge in [-0.2, -0.15) is 0 Å². The molecule has 1 aromatic heterocycles. The van der Waals surface area contributed by atoms with Crippen LogP contribution < -0.4 is 5.32 Å². The Bertz CT molecular complexity index is 448. The normalized spacial score (nSPS) is 12.3. The summed E-state index contributed by atoms with van der Waals surface area (Å²) in [6, 6.07) is 9.16. The first-order valence-corrected chi connectivity index (χ1v) is 7.48. The van der Waals surface area contributed by atoms with E-state index in [1.54, 1.807) is 11.3 Å². The van der Waals surface area contributed by atoms with E-state index in [0.29, 0.717) is 6.04 Å². The predicted octanol–water partition coefficient (Wildman–Crippen LogP) is 4.80. The van der Waals surface area contributed by atoms with Crippen molar-refractivity contribution in [3.8, 4) is 10.6 Å². The molecule has 0 fully saturated rings. The third-order valence-electron chi connectivity index (χ3n) is 3.06. The second kappa shape index (κ2) is 6.55. The van der Waals surface area contributed by atoms with E-state index in [1.807, 2.05) is 11.6 Å². The van der Waals surface area contributed by atoms with Gasteiger partial charge >= 0.3 is 0 Å². The molecule has 0 aliphatic heterocycles. The third-order valence-corrected chi connectivity index (χ3v) is 3.89. The van der Waals surface area contributed by atoms with Crippen molar-refractivity contribution in [3.05, 3.63) is 35.8 Å². The van der Waals surface area contributed by atoms with E-state index in [0.717, 1.165) is 5.01 Å². The Morgan fingerprint density at radius 2 is 2.00 bits per heavy atom. The number of hydrogen-bond acceptors (Lipinski definition) is 3. The predicted molar refractivity (Wildman–Crippen MR) is 80.2 cm³/mol. The van der Waals surface area contributed by atoms with Crippen molar-refractivity contribution >= 4 is 17.0 Å². The molecule has 1 heterocycles. The van der Waals surface area contributed by atoms with Crippen LogP contribution in [0.3, 0.4) is 0 Å². The van der Waals surface area contributed by atoms with Gasteiger partial charge in [0.2, 0.25) is 0 Å². The highest BCUT2D eigenvalue weighted by atomic mass is 32.1. The van der Waals surface area contributed by atoms with E-state index < -0.39 is 0 Å². The summed E-state index contributed by atoms with van der Waals surface area (Å²) in [5.74, 6) is 0. The average Bonchev–Trinajstić information content (AvgIpc) is 2.93. The molecule has 0 bridgehead atoms. The molecule has 1 atom stereocenters. The van der Waals surface area contributed by atoms with Gasteiger partial charge in [0, 0.05) is 28.9 Å². The first-order chi connectivity index (χ1) is 8.83. The lowest BCUT2D eigenvalue weighted by Gasteiger charge is -2.17. The Labute approximate surface area is 113 Å². The lowest BCUT2D eigenvalue weighted by molar-refractivity contribution is 0.623. The number of anilines is 1. The molecular weight excluding hydrogens is 240 g/mol. The van der Waals surface area contributed by atoms with E-state index in [9.17, 15) is 0 Å².